The largest absolute Gasteiger partial charge is 0.396 e. The molecule has 74 valence electrons. The summed E-state index contributed by atoms with van der Waals surface area (Å²) in [6.45, 7) is 7.50. The minimum atomic E-state index is 0.0680. The van der Waals surface area contributed by atoms with Gasteiger partial charge in [-0.3, -0.25) is 0 Å². The van der Waals surface area contributed by atoms with Crippen LogP contribution in [0.5, 0.6) is 0 Å². The van der Waals surface area contributed by atoms with Crippen LogP contribution in [0.4, 0.5) is 0 Å². The van der Waals surface area contributed by atoms with Crippen LogP contribution in [0.25, 0.3) is 0 Å². The molecule has 0 aromatic rings. The third kappa shape index (κ3) is 3.11. The first kappa shape index (κ1) is 11.9. The van der Waals surface area contributed by atoms with Crippen molar-refractivity contribution in [1.82, 2.24) is 0 Å². The van der Waals surface area contributed by atoms with Gasteiger partial charge in [-0.2, -0.15) is 0 Å². The van der Waals surface area contributed by atoms with E-state index >= 15 is 0 Å². The first-order valence-electron chi connectivity index (χ1n) is 4.70. The summed E-state index contributed by atoms with van der Waals surface area (Å²) in [5.41, 5.74) is 0.0680. The monoisotopic (exact) mass is 174 g/mol. The Bertz CT molecular complexity index is 108. The van der Waals surface area contributed by atoms with Crippen molar-refractivity contribution in [2.45, 2.75) is 33.6 Å². The van der Waals surface area contributed by atoms with Crippen molar-refractivity contribution in [2.75, 3.05) is 20.3 Å². The molecule has 12 heavy (non-hydrogen) atoms. The SMILES string of the molecule is CCC(C)(CO)C(C)CCOC. The molecule has 0 fully saturated rings. The zero-order valence-corrected chi connectivity index (χ0v) is 8.76. The van der Waals surface area contributed by atoms with Crippen molar-refractivity contribution in [3.8, 4) is 0 Å². The Kier molecular flexibility index (Phi) is 5.51. The Morgan fingerprint density at radius 1 is 1.50 bits per heavy atom. The molecule has 2 heteroatoms. The second-order valence-corrected chi connectivity index (χ2v) is 3.85. The zero-order chi connectivity index (χ0) is 9.61. The summed E-state index contributed by atoms with van der Waals surface area (Å²) < 4.78 is 5.02. The van der Waals surface area contributed by atoms with Crippen LogP contribution in [0.3, 0.4) is 0 Å². The lowest BCUT2D eigenvalue weighted by Crippen LogP contribution is -2.29. The molecule has 0 rings (SSSR count). The molecule has 2 nitrogen and oxygen atoms in total. The van der Waals surface area contributed by atoms with Crippen LogP contribution >= 0.6 is 0 Å². The van der Waals surface area contributed by atoms with Gasteiger partial charge in [0.2, 0.25) is 0 Å². The maximum atomic E-state index is 9.21. The van der Waals surface area contributed by atoms with Crippen LogP contribution in [0.1, 0.15) is 33.6 Å². The molecule has 0 heterocycles. The van der Waals surface area contributed by atoms with Crippen LogP contribution in [0.2, 0.25) is 0 Å². The molecule has 1 N–H and O–H groups in total. The molecule has 0 bridgehead atoms. The second-order valence-electron chi connectivity index (χ2n) is 3.85. The van der Waals surface area contributed by atoms with Gasteiger partial charge in [0.05, 0.1) is 0 Å². The maximum absolute atomic E-state index is 9.21. The van der Waals surface area contributed by atoms with E-state index in [-0.39, 0.29) is 12.0 Å². The lowest BCUT2D eigenvalue weighted by Gasteiger charge is -2.32. The average Bonchev–Trinajstić information content (AvgIpc) is 2.12. The number of methoxy groups -OCH3 is 1. The fraction of sp³-hybridized carbons (Fsp3) is 1.00. The molecule has 2 unspecified atom stereocenters. The molecular formula is C10H22O2. The summed E-state index contributed by atoms with van der Waals surface area (Å²) in [5, 5.41) is 9.21. The van der Waals surface area contributed by atoms with Gasteiger partial charge < -0.3 is 9.84 Å². The van der Waals surface area contributed by atoms with Gasteiger partial charge >= 0.3 is 0 Å². The standard InChI is InChI=1S/C10H22O2/c1-5-10(3,8-11)9(2)6-7-12-4/h9,11H,5-8H2,1-4H3. The lowest BCUT2D eigenvalue weighted by atomic mass is 9.75. The molecule has 0 aliphatic heterocycles. The topological polar surface area (TPSA) is 29.5 Å². The second kappa shape index (κ2) is 5.55. The highest BCUT2D eigenvalue weighted by molar-refractivity contribution is 4.77. The van der Waals surface area contributed by atoms with E-state index in [1.165, 1.54) is 0 Å². The average molecular weight is 174 g/mol. The van der Waals surface area contributed by atoms with Crippen LogP contribution in [-0.2, 0) is 4.74 Å². The number of aliphatic hydroxyl groups is 1. The number of rotatable bonds is 6. The van der Waals surface area contributed by atoms with Gasteiger partial charge in [0, 0.05) is 20.3 Å². The van der Waals surface area contributed by atoms with E-state index in [0.717, 1.165) is 19.4 Å². The van der Waals surface area contributed by atoms with Gasteiger partial charge in [-0.1, -0.05) is 20.8 Å². The van der Waals surface area contributed by atoms with Crippen molar-refractivity contribution >= 4 is 0 Å². The smallest absolute Gasteiger partial charge is 0.0487 e. The van der Waals surface area contributed by atoms with Gasteiger partial charge in [0.25, 0.3) is 0 Å². The molecule has 2 atom stereocenters. The van der Waals surface area contributed by atoms with Crippen molar-refractivity contribution in [1.29, 1.82) is 0 Å². The van der Waals surface area contributed by atoms with Crippen LogP contribution in [0.15, 0.2) is 0 Å². The van der Waals surface area contributed by atoms with Crippen LogP contribution < -0.4 is 0 Å². The summed E-state index contributed by atoms with van der Waals surface area (Å²) in [5.74, 6) is 0.521. The molecule has 0 aliphatic rings. The van der Waals surface area contributed by atoms with Gasteiger partial charge in [-0.15, -0.1) is 0 Å². The molecule has 0 aromatic carbocycles. The first-order valence-corrected chi connectivity index (χ1v) is 4.70. The Morgan fingerprint density at radius 3 is 2.42 bits per heavy atom. The maximum Gasteiger partial charge on any atom is 0.0487 e. The molecule has 0 spiro atoms. The fourth-order valence-electron chi connectivity index (χ4n) is 1.26. The number of ether oxygens (including phenoxy) is 1. The quantitative estimate of drug-likeness (QED) is 0.668. The van der Waals surface area contributed by atoms with E-state index < -0.39 is 0 Å². The molecule has 0 aliphatic carbocycles. The van der Waals surface area contributed by atoms with Gasteiger partial charge in [-0.25, -0.2) is 0 Å². The first-order chi connectivity index (χ1) is 5.60. The highest BCUT2D eigenvalue weighted by Crippen LogP contribution is 2.32. The molecule has 0 saturated heterocycles. The van der Waals surface area contributed by atoms with E-state index in [0.29, 0.717) is 5.92 Å². The highest BCUT2D eigenvalue weighted by Gasteiger charge is 2.27. The van der Waals surface area contributed by atoms with Gasteiger partial charge in [-0.05, 0) is 24.2 Å². The summed E-state index contributed by atoms with van der Waals surface area (Å²) in [6, 6.07) is 0. The number of hydrogen-bond donors (Lipinski definition) is 1. The van der Waals surface area contributed by atoms with Crippen LogP contribution in [-0.4, -0.2) is 25.4 Å². The summed E-state index contributed by atoms with van der Waals surface area (Å²) in [4.78, 5) is 0. The fourth-order valence-corrected chi connectivity index (χ4v) is 1.26. The Hall–Kier alpha value is -0.0800. The molecule has 0 aromatic heterocycles. The predicted molar refractivity (Wildman–Crippen MR) is 51.1 cm³/mol. The molecule has 0 radical (unpaired) electrons. The van der Waals surface area contributed by atoms with Crippen molar-refractivity contribution < 1.29 is 9.84 Å². The van der Waals surface area contributed by atoms with Crippen molar-refractivity contribution in [2.24, 2.45) is 11.3 Å². The lowest BCUT2D eigenvalue weighted by molar-refractivity contribution is 0.0607. The number of hydrogen-bond acceptors (Lipinski definition) is 2. The third-order valence-corrected chi connectivity index (χ3v) is 3.11. The van der Waals surface area contributed by atoms with Gasteiger partial charge in [0.15, 0.2) is 0 Å². The van der Waals surface area contributed by atoms with E-state index in [1.54, 1.807) is 7.11 Å². The minimum Gasteiger partial charge on any atom is -0.396 e. The zero-order valence-electron chi connectivity index (χ0n) is 8.76. The van der Waals surface area contributed by atoms with Gasteiger partial charge in [0.1, 0.15) is 0 Å². The Labute approximate surface area is 75.9 Å². The Morgan fingerprint density at radius 2 is 2.08 bits per heavy atom. The third-order valence-electron chi connectivity index (χ3n) is 3.11. The molecule has 0 saturated carbocycles. The number of aliphatic hydroxyl groups excluding tert-OH is 1. The van der Waals surface area contributed by atoms with E-state index in [4.69, 9.17) is 4.74 Å². The summed E-state index contributed by atoms with van der Waals surface area (Å²) >= 11 is 0. The molecular weight excluding hydrogens is 152 g/mol. The predicted octanol–water partition coefficient (Wildman–Crippen LogP) is 2.07. The van der Waals surface area contributed by atoms with Crippen LogP contribution in [0, 0.1) is 11.3 Å². The molecule has 0 amide bonds. The van der Waals surface area contributed by atoms with E-state index in [2.05, 4.69) is 20.8 Å². The van der Waals surface area contributed by atoms with Crippen molar-refractivity contribution in [3.05, 3.63) is 0 Å². The normalized spacial score (nSPS) is 18.8. The van der Waals surface area contributed by atoms with Crippen molar-refractivity contribution in [3.63, 3.8) is 0 Å². The van der Waals surface area contributed by atoms with E-state index in [1.807, 2.05) is 0 Å². The Balaban J connectivity index is 3.93. The highest BCUT2D eigenvalue weighted by atomic mass is 16.5. The minimum absolute atomic E-state index is 0.0680. The summed E-state index contributed by atoms with van der Waals surface area (Å²) in [6.07, 6.45) is 2.05. The van der Waals surface area contributed by atoms with E-state index in [9.17, 15) is 5.11 Å². The summed E-state index contributed by atoms with van der Waals surface area (Å²) in [7, 11) is 1.72.